The summed E-state index contributed by atoms with van der Waals surface area (Å²) in [7, 11) is 4.02. The van der Waals surface area contributed by atoms with E-state index in [1.807, 2.05) is 29.9 Å². The molecule has 2 aliphatic rings. The molecule has 0 bridgehead atoms. The maximum absolute atomic E-state index is 6.06. The van der Waals surface area contributed by atoms with Crippen molar-refractivity contribution in [1.82, 2.24) is 24.8 Å². The third-order valence-electron chi connectivity index (χ3n) is 6.33. The summed E-state index contributed by atoms with van der Waals surface area (Å²) in [4.78, 5) is 11.8. The maximum Gasteiger partial charge on any atom is 0.320 e. The monoisotopic (exact) mass is 461 g/mol. The normalized spacial score (nSPS) is 18.9. The van der Waals surface area contributed by atoms with Crippen LogP contribution in [0.5, 0.6) is 6.01 Å². The third-order valence-corrected chi connectivity index (χ3v) is 6.33. The minimum atomic E-state index is 0.136. The summed E-state index contributed by atoms with van der Waals surface area (Å²) in [6, 6.07) is 15.1. The Hall–Kier alpha value is -3.43. The number of benzene rings is 1. The molecule has 178 valence electrons. The van der Waals surface area contributed by atoms with E-state index in [0.717, 1.165) is 42.5 Å². The van der Waals surface area contributed by atoms with Crippen LogP contribution in [0.15, 0.2) is 60.4 Å². The second-order valence-electron chi connectivity index (χ2n) is 8.56. The number of hydrogen-bond acceptors (Lipinski definition) is 8. The minimum absolute atomic E-state index is 0.136. The van der Waals surface area contributed by atoms with Crippen LogP contribution in [-0.2, 0) is 18.2 Å². The van der Waals surface area contributed by atoms with Crippen molar-refractivity contribution in [2.75, 3.05) is 49.9 Å². The predicted octanol–water partition coefficient (Wildman–Crippen LogP) is 2.98. The first kappa shape index (κ1) is 22.4. The highest BCUT2D eigenvalue weighted by molar-refractivity contribution is 5.56. The molecule has 2 aliphatic heterocycles. The van der Waals surface area contributed by atoms with Gasteiger partial charge in [0.05, 0.1) is 25.9 Å². The zero-order valence-electron chi connectivity index (χ0n) is 20.0. The van der Waals surface area contributed by atoms with Gasteiger partial charge >= 0.3 is 6.01 Å². The second kappa shape index (κ2) is 9.82. The number of hydrazine groups is 1. The van der Waals surface area contributed by atoms with Crippen LogP contribution in [0.2, 0.25) is 0 Å². The second-order valence-corrected chi connectivity index (χ2v) is 8.56. The average Bonchev–Trinajstić information content (AvgIpc) is 3.41. The fourth-order valence-corrected chi connectivity index (χ4v) is 4.51. The SMILES string of the molecule is CC1=CC(c2ccccc2)N(C)N1c1cc(N2CCOCC2)nc(OCCc2ccnn2C)n1. The lowest BCUT2D eigenvalue weighted by molar-refractivity contribution is 0.122. The van der Waals surface area contributed by atoms with Gasteiger partial charge in [-0.05, 0) is 24.6 Å². The van der Waals surface area contributed by atoms with Gasteiger partial charge in [0.2, 0.25) is 0 Å². The molecule has 1 fully saturated rings. The van der Waals surface area contributed by atoms with Crippen LogP contribution in [0.4, 0.5) is 11.6 Å². The van der Waals surface area contributed by atoms with E-state index in [0.29, 0.717) is 25.8 Å². The van der Waals surface area contributed by atoms with Crippen LogP contribution < -0.4 is 14.6 Å². The number of nitrogens with zero attached hydrogens (tertiary/aromatic N) is 7. The summed E-state index contributed by atoms with van der Waals surface area (Å²) in [6.07, 6.45) is 4.79. The number of anilines is 2. The van der Waals surface area contributed by atoms with Gasteiger partial charge < -0.3 is 14.4 Å². The number of aryl methyl sites for hydroxylation is 1. The predicted molar refractivity (Wildman–Crippen MR) is 131 cm³/mol. The van der Waals surface area contributed by atoms with Gasteiger partial charge in [-0.25, -0.2) is 5.01 Å². The quantitative estimate of drug-likeness (QED) is 0.532. The molecule has 34 heavy (non-hydrogen) atoms. The van der Waals surface area contributed by atoms with Gasteiger partial charge in [0, 0.05) is 57.3 Å². The highest BCUT2D eigenvalue weighted by atomic mass is 16.5. The van der Waals surface area contributed by atoms with E-state index in [4.69, 9.17) is 19.4 Å². The van der Waals surface area contributed by atoms with Gasteiger partial charge in [-0.3, -0.25) is 9.69 Å². The Morgan fingerprint density at radius 2 is 1.79 bits per heavy atom. The minimum Gasteiger partial charge on any atom is -0.463 e. The zero-order chi connectivity index (χ0) is 23.5. The lowest BCUT2D eigenvalue weighted by Gasteiger charge is -2.33. The van der Waals surface area contributed by atoms with E-state index in [9.17, 15) is 0 Å². The van der Waals surface area contributed by atoms with Crippen LogP contribution in [0.3, 0.4) is 0 Å². The Morgan fingerprint density at radius 1 is 1.03 bits per heavy atom. The standard InChI is InChI=1S/C25H31N7O2/c1-19-17-22(20-7-5-4-6-8-20)30(3)32(19)24-18-23(31-12-15-33-16-13-31)27-25(28-24)34-14-10-21-9-11-26-29(21)2/h4-9,11,17-18,22H,10,12-16H2,1-3H3. The molecule has 1 unspecified atom stereocenters. The van der Waals surface area contributed by atoms with Crippen LogP contribution in [0.25, 0.3) is 0 Å². The van der Waals surface area contributed by atoms with E-state index in [1.165, 1.54) is 5.56 Å². The Bertz CT molecular complexity index is 1140. The van der Waals surface area contributed by atoms with Gasteiger partial charge in [0.25, 0.3) is 0 Å². The topological polar surface area (TPSA) is 71.8 Å². The Morgan fingerprint density at radius 3 is 2.53 bits per heavy atom. The number of hydrogen-bond donors (Lipinski definition) is 0. The number of aromatic nitrogens is 4. The van der Waals surface area contributed by atoms with Gasteiger partial charge in [-0.15, -0.1) is 0 Å². The molecule has 2 aromatic heterocycles. The molecule has 1 saturated heterocycles. The molecule has 9 heteroatoms. The summed E-state index contributed by atoms with van der Waals surface area (Å²) in [6.45, 7) is 5.55. The van der Waals surface area contributed by atoms with E-state index in [2.05, 4.69) is 64.3 Å². The third kappa shape index (κ3) is 4.62. The van der Waals surface area contributed by atoms with Crippen LogP contribution in [0, 0.1) is 0 Å². The summed E-state index contributed by atoms with van der Waals surface area (Å²) in [5.41, 5.74) is 3.46. The molecule has 0 spiro atoms. The average molecular weight is 462 g/mol. The molecule has 0 radical (unpaired) electrons. The van der Waals surface area contributed by atoms with Crippen molar-refractivity contribution in [3.8, 4) is 6.01 Å². The molecule has 1 aromatic carbocycles. The molecule has 0 saturated carbocycles. The van der Waals surface area contributed by atoms with Crippen molar-refractivity contribution in [2.45, 2.75) is 19.4 Å². The maximum atomic E-state index is 6.06. The van der Waals surface area contributed by atoms with Crippen molar-refractivity contribution in [1.29, 1.82) is 0 Å². The highest BCUT2D eigenvalue weighted by Gasteiger charge is 2.31. The summed E-state index contributed by atoms with van der Waals surface area (Å²) < 4.78 is 13.5. The lowest BCUT2D eigenvalue weighted by Crippen LogP contribution is -2.38. The van der Waals surface area contributed by atoms with Crippen molar-refractivity contribution >= 4 is 11.6 Å². The Labute approximate surface area is 200 Å². The first-order valence-electron chi connectivity index (χ1n) is 11.7. The number of rotatable bonds is 7. The molecule has 0 N–H and O–H groups in total. The largest absolute Gasteiger partial charge is 0.463 e. The van der Waals surface area contributed by atoms with E-state index in [1.54, 1.807) is 6.20 Å². The van der Waals surface area contributed by atoms with Crippen molar-refractivity contribution < 1.29 is 9.47 Å². The van der Waals surface area contributed by atoms with Crippen molar-refractivity contribution in [3.63, 3.8) is 0 Å². The molecule has 9 nitrogen and oxygen atoms in total. The van der Waals surface area contributed by atoms with Crippen LogP contribution >= 0.6 is 0 Å². The first-order valence-corrected chi connectivity index (χ1v) is 11.7. The number of allylic oxidation sites excluding steroid dienone is 1. The summed E-state index contributed by atoms with van der Waals surface area (Å²) >= 11 is 0. The zero-order valence-corrected chi connectivity index (χ0v) is 20.0. The lowest BCUT2D eigenvalue weighted by atomic mass is 10.1. The highest BCUT2D eigenvalue weighted by Crippen LogP contribution is 2.36. The first-order chi connectivity index (χ1) is 16.6. The number of morpholine rings is 1. The Balaban J connectivity index is 1.41. The van der Waals surface area contributed by atoms with Crippen molar-refractivity contribution in [3.05, 3.63) is 71.7 Å². The van der Waals surface area contributed by atoms with Gasteiger partial charge in [0.1, 0.15) is 5.82 Å². The fourth-order valence-electron chi connectivity index (χ4n) is 4.51. The number of likely N-dealkylation sites (N-methyl/N-ethyl adjacent to an activating group) is 1. The van der Waals surface area contributed by atoms with Crippen LogP contribution in [-0.4, -0.2) is 64.7 Å². The Kier molecular flexibility index (Phi) is 6.46. The molecule has 4 heterocycles. The van der Waals surface area contributed by atoms with E-state index in [-0.39, 0.29) is 6.04 Å². The molecule has 0 aliphatic carbocycles. The van der Waals surface area contributed by atoms with Gasteiger partial charge in [-0.2, -0.15) is 15.1 Å². The smallest absolute Gasteiger partial charge is 0.320 e. The van der Waals surface area contributed by atoms with E-state index >= 15 is 0 Å². The molecular weight excluding hydrogens is 430 g/mol. The molecule has 0 amide bonds. The fraction of sp³-hybridized carbons (Fsp3) is 0.400. The molecule has 3 aromatic rings. The molecule has 5 rings (SSSR count). The summed E-state index contributed by atoms with van der Waals surface area (Å²) in [5, 5.41) is 8.57. The van der Waals surface area contributed by atoms with Gasteiger partial charge in [-0.1, -0.05) is 30.3 Å². The summed E-state index contributed by atoms with van der Waals surface area (Å²) in [5.74, 6) is 1.65. The van der Waals surface area contributed by atoms with Crippen LogP contribution in [0.1, 0.15) is 24.2 Å². The van der Waals surface area contributed by atoms with E-state index < -0.39 is 0 Å². The molecule has 1 atom stereocenters. The number of ether oxygens (including phenoxy) is 2. The van der Waals surface area contributed by atoms with Gasteiger partial charge in [0.15, 0.2) is 5.82 Å². The molecular formula is C25H31N7O2. The van der Waals surface area contributed by atoms with Crippen molar-refractivity contribution in [2.24, 2.45) is 7.05 Å².